The Hall–Kier alpha value is -1.24. The zero-order valence-electron chi connectivity index (χ0n) is 9.96. The summed E-state index contributed by atoms with van der Waals surface area (Å²) in [5.74, 6) is 0. The van der Waals surface area contributed by atoms with Gasteiger partial charge >= 0.3 is 0 Å². The number of rotatable bonds is 0. The van der Waals surface area contributed by atoms with Crippen LogP contribution in [0.3, 0.4) is 0 Å². The van der Waals surface area contributed by atoms with E-state index < -0.39 is 0 Å². The SMILES string of the molecule is Bc1ccc(C(C)(C)C)c2ccccc12. The topological polar surface area (TPSA) is 0 Å². The Morgan fingerprint density at radius 2 is 1.47 bits per heavy atom. The van der Waals surface area contributed by atoms with Crippen molar-refractivity contribution in [1.29, 1.82) is 0 Å². The van der Waals surface area contributed by atoms with Gasteiger partial charge in [0.05, 0.1) is 0 Å². The summed E-state index contributed by atoms with van der Waals surface area (Å²) in [6, 6.07) is 13.2. The molecule has 0 saturated carbocycles. The van der Waals surface area contributed by atoms with Gasteiger partial charge in [0, 0.05) is 0 Å². The highest BCUT2D eigenvalue weighted by Crippen LogP contribution is 2.28. The van der Waals surface area contributed by atoms with Crippen LogP contribution in [0.2, 0.25) is 0 Å². The predicted octanol–water partition coefficient (Wildman–Crippen LogP) is 2.40. The first-order valence-electron chi connectivity index (χ1n) is 5.49. The number of hydrogen-bond donors (Lipinski definition) is 0. The molecule has 0 nitrogen and oxygen atoms in total. The molecule has 0 saturated heterocycles. The lowest BCUT2D eigenvalue weighted by Gasteiger charge is -2.22. The highest BCUT2D eigenvalue weighted by Gasteiger charge is 2.16. The van der Waals surface area contributed by atoms with E-state index in [1.54, 1.807) is 0 Å². The van der Waals surface area contributed by atoms with Crippen molar-refractivity contribution < 1.29 is 0 Å². The zero-order chi connectivity index (χ0) is 11.1. The largest absolute Gasteiger partial charge is 0.140 e. The van der Waals surface area contributed by atoms with Crippen molar-refractivity contribution >= 4 is 24.1 Å². The fourth-order valence-electron chi connectivity index (χ4n) is 2.10. The Labute approximate surface area is 92.7 Å². The molecule has 0 fully saturated rings. The summed E-state index contributed by atoms with van der Waals surface area (Å²) in [6.45, 7) is 6.80. The standard InChI is InChI=1S/C14H17B/c1-14(2,3)12-8-9-13(15)11-7-5-4-6-10(11)12/h4-9H,15H2,1-3H3. The molecule has 0 heterocycles. The highest BCUT2D eigenvalue weighted by atomic mass is 14.2. The van der Waals surface area contributed by atoms with Crippen molar-refractivity contribution in [1.82, 2.24) is 0 Å². The van der Waals surface area contributed by atoms with E-state index in [9.17, 15) is 0 Å². The highest BCUT2D eigenvalue weighted by molar-refractivity contribution is 6.38. The van der Waals surface area contributed by atoms with E-state index in [2.05, 4.69) is 65.0 Å². The Kier molecular flexibility index (Phi) is 2.34. The van der Waals surface area contributed by atoms with Gasteiger partial charge < -0.3 is 0 Å². The van der Waals surface area contributed by atoms with Crippen LogP contribution in [-0.2, 0) is 5.41 Å². The average Bonchev–Trinajstić information content (AvgIpc) is 2.17. The van der Waals surface area contributed by atoms with Crippen molar-refractivity contribution in [2.24, 2.45) is 0 Å². The molecule has 0 aliphatic carbocycles. The Morgan fingerprint density at radius 1 is 0.867 bits per heavy atom. The van der Waals surface area contributed by atoms with Gasteiger partial charge in [-0.05, 0) is 21.8 Å². The summed E-state index contributed by atoms with van der Waals surface area (Å²) in [5, 5.41) is 2.77. The van der Waals surface area contributed by atoms with Crippen molar-refractivity contribution in [2.75, 3.05) is 0 Å². The van der Waals surface area contributed by atoms with E-state index in [4.69, 9.17) is 0 Å². The molecule has 0 spiro atoms. The van der Waals surface area contributed by atoms with Gasteiger partial charge in [-0.15, -0.1) is 0 Å². The van der Waals surface area contributed by atoms with Crippen LogP contribution in [0.25, 0.3) is 10.8 Å². The van der Waals surface area contributed by atoms with Crippen LogP contribution in [0.15, 0.2) is 36.4 Å². The minimum absolute atomic E-state index is 0.216. The Balaban J connectivity index is 2.84. The first-order valence-corrected chi connectivity index (χ1v) is 5.49. The second-order valence-corrected chi connectivity index (χ2v) is 5.23. The summed E-state index contributed by atoms with van der Waals surface area (Å²) in [4.78, 5) is 0. The monoisotopic (exact) mass is 196 g/mol. The maximum Gasteiger partial charge on any atom is 0.140 e. The molecule has 0 bridgehead atoms. The maximum absolute atomic E-state index is 2.27. The first kappa shape index (κ1) is 10.3. The first-order chi connectivity index (χ1) is 7.00. The number of hydrogen-bond acceptors (Lipinski definition) is 0. The quantitative estimate of drug-likeness (QED) is 0.567. The molecule has 0 atom stereocenters. The molecule has 2 aromatic rings. The van der Waals surface area contributed by atoms with Gasteiger partial charge in [0.2, 0.25) is 0 Å². The van der Waals surface area contributed by atoms with Crippen molar-refractivity contribution in [3.8, 4) is 0 Å². The molecule has 0 radical (unpaired) electrons. The van der Waals surface area contributed by atoms with E-state index in [1.165, 1.54) is 21.8 Å². The minimum Gasteiger partial charge on any atom is -0.0813 e. The van der Waals surface area contributed by atoms with Crippen LogP contribution >= 0.6 is 0 Å². The summed E-state index contributed by atoms with van der Waals surface area (Å²) in [7, 11) is 2.18. The Bertz CT molecular complexity index is 492. The molecular formula is C14H17B. The molecule has 0 amide bonds. The number of fused-ring (bicyclic) bond motifs is 1. The van der Waals surface area contributed by atoms with Crippen molar-refractivity contribution in [2.45, 2.75) is 26.2 Å². The fraction of sp³-hybridized carbons (Fsp3) is 0.286. The second kappa shape index (κ2) is 3.41. The van der Waals surface area contributed by atoms with Crippen LogP contribution < -0.4 is 5.46 Å². The summed E-state index contributed by atoms with van der Waals surface area (Å²) < 4.78 is 0. The van der Waals surface area contributed by atoms with E-state index in [0.29, 0.717) is 0 Å². The molecule has 0 aliphatic heterocycles. The van der Waals surface area contributed by atoms with E-state index in [0.717, 1.165) is 0 Å². The summed E-state index contributed by atoms with van der Waals surface area (Å²) in [5.41, 5.74) is 3.01. The van der Waals surface area contributed by atoms with Crippen LogP contribution in [0.4, 0.5) is 0 Å². The Morgan fingerprint density at radius 3 is 2.07 bits per heavy atom. The van der Waals surface area contributed by atoms with Crippen LogP contribution in [-0.4, -0.2) is 7.85 Å². The van der Waals surface area contributed by atoms with Crippen molar-refractivity contribution in [3.05, 3.63) is 42.0 Å². The van der Waals surface area contributed by atoms with Crippen LogP contribution in [0.5, 0.6) is 0 Å². The number of benzene rings is 2. The predicted molar refractivity (Wildman–Crippen MR) is 70.8 cm³/mol. The minimum atomic E-state index is 0.216. The molecule has 76 valence electrons. The molecule has 0 N–H and O–H groups in total. The normalized spacial score (nSPS) is 11.9. The van der Waals surface area contributed by atoms with E-state index in [1.807, 2.05) is 0 Å². The lowest BCUT2D eigenvalue weighted by atomic mass is 9.80. The van der Waals surface area contributed by atoms with Gasteiger partial charge in [0.25, 0.3) is 0 Å². The summed E-state index contributed by atoms with van der Waals surface area (Å²) in [6.07, 6.45) is 0. The third kappa shape index (κ3) is 1.79. The molecule has 0 aromatic heterocycles. The molecular weight excluding hydrogens is 179 g/mol. The molecule has 0 unspecified atom stereocenters. The smallest absolute Gasteiger partial charge is 0.0813 e. The average molecular weight is 196 g/mol. The molecule has 15 heavy (non-hydrogen) atoms. The van der Waals surface area contributed by atoms with Gasteiger partial charge in [0.1, 0.15) is 7.85 Å². The fourth-order valence-corrected chi connectivity index (χ4v) is 2.10. The van der Waals surface area contributed by atoms with Crippen LogP contribution in [0, 0.1) is 0 Å². The lowest BCUT2D eigenvalue weighted by molar-refractivity contribution is 0.596. The molecule has 2 aromatic carbocycles. The maximum atomic E-state index is 2.27. The zero-order valence-corrected chi connectivity index (χ0v) is 9.96. The summed E-state index contributed by atoms with van der Waals surface area (Å²) >= 11 is 0. The van der Waals surface area contributed by atoms with Gasteiger partial charge in [-0.2, -0.15) is 0 Å². The lowest BCUT2D eigenvalue weighted by Crippen LogP contribution is -2.14. The molecule has 2 rings (SSSR count). The van der Waals surface area contributed by atoms with E-state index >= 15 is 0 Å². The third-order valence-electron chi connectivity index (χ3n) is 2.95. The molecule has 0 aliphatic rings. The second-order valence-electron chi connectivity index (χ2n) is 5.23. The van der Waals surface area contributed by atoms with E-state index in [-0.39, 0.29) is 5.41 Å². The molecule has 1 heteroatoms. The van der Waals surface area contributed by atoms with Gasteiger partial charge in [-0.3, -0.25) is 0 Å². The van der Waals surface area contributed by atoms with Gasteiger partial charge in [-0.1, -0.05) is 62.6 Å². The third-order valence-corrected chi connectivity index (χ3v) is 2.95. The van der Waals surface area contributed by atoms with Crippen molar-refractivity contribution in [3.63, 3.8) is 0 Å². The van der Waals surface area contributed by atoms with Gasteiger partial charge in [-0.25, -0.2) is 0 Å². The van der Waals surface area contributed by atoms with Crippen LogP contribution in [0.1, 0.15) is 26.3 Å². The van der Waals surface area contributed by atoms with Gasteiger partial charge in [0.15, 0.2) is 0 Å².